The number of halogens is 3. The third-order valence-corrected chi connectivity index (χ3v) is 6.39. The molecular weight excluding hydrogens is 471 g/mol. The summed E-state index contributed by atoms with van der Waals surface area (Å²) in [5.74, 6) is -1.04. The summed E-state index contributed by atoms with van der Waals surface area (Å²) in [5.41, 5.74) is -0.953. The Morgan fingerprint density at radius 3 is 2.68 bits per heavy atom. The predicted octanol–water partition coefficient (Wildman–Crippen LogP) is 5.37. The SMILES string of the molecule is CSCCC(C(=O)O)N1C(=O)C(=Cc2ccc(-c3ccccc3C(F)(F)F)o2)SC1=S. The lowest BCUT2D eigenvalue weighted by Gasteiger charge is -2.22. The van der Waals surface area contributed by atoms with E-state index in [4.69, 9.17) is 16.6 Å². The lowest BCUT2D eigenvalue weighted by atomic mass is 10.1. The highest BCUT2D eigenvalue weighted by Gasteiger charge is 2.40. The van der Waals surface area contributed by atoms with Gasteiger partial charge in [-0.15, -0.1) is 0 Å². The first-order chi connectivity index (χ1) is 14.6. The van der Waals surface area contributed by atoms with E-state index >= 15 is 0 Å². The number of hydrogen-bond donors (Lipinski definition) is 1. The summed E-state index contributed by atoms with van der Waals surface area (Å²) in [6, 6.07) is 6.76. The van der Waals surface area contributed by atoms with Crippen LogP contribution in [0.25, 0.3) is 17.4 Å². The number of amides is 1. The normalized spacial score (nSPS) is 16.9. The lowest BCUT2D eigenvalue weighted by Crippen LogP contribution is -2.44. The Hall–Kier alpha value is -2.24. The second-order valence-corrected chi connectivity index (χ2v) is 9.09. The minimum Gasteiger partial charge on any atom is -0.480 e. The van der Waals surface area contributed by atoms with Crippen molar-refractivity contribution >= 4 is 58.0 Å². The second kappa shape index (κ2) is 9.49. The molecule has 2 aromatic rings. The molecule has 0 spiro atoms. The van der Waals surface area contributed by atoms with Gasteiger partial charge in [0.2, 0.25) is 0 Å². The maximum atomic E-state index is 13.3. The molecule has 1 unspecified atom stereocenters. The fourth-order valence-corrected chi connectivity index (χ4v) is 4.79. The van der Waals surface area contributed by atoms with Crippen molar-refractivity contribution in [2.24, 2.45) is 0 Å². The Balaban J connectivity index is 1.88. The van der Waals surface area contributed by atoms with Gasteiger partial charge in [0.25, 0.3) is 5.91 Å². The number of furan rings is 1. The number of carboxylic acid groups (broad SMARTS) is 1. The van der Waals surface area contributed by atoms with Crippen molar-refractivity contribution in [3.8, 4) is 11.3 Å². The van der Waals surface area contributed by atoms with Crippen LogP contribution in [0.4, 0.5) is 13.2 Å². The molecule has 1 aliphatic rings. The molecule has 31 heavy (non-hydrogen) atoms. The number of hydrogen-bond acceptors (Lipinski definition) is 6. The monoisotopic (exact) mass is 487 g/mol. The molecule has 0 saturated carbocycles. The summed E-state index contributed by atoms with van der Waals surface area (Å²) in [6.07, 6.45) is -1.13. The minimum absolute atomic E-state index is 0.00182. The van der Waals surface area contributed by atoms with Crippen molar-refractivity contribution in [1.82, 2.24) is 4.90 Å². The topological polar surface area (TPSA) is 70.8 Å². The Kier molecular flexibility index (Phi) is 7.17. The Morgan fingerprint density at radius 2 is 2.03 bits per heavy atom. The van der Waals surface area contributed by atoms with Crippen molar-refractivity contribution in [3.63, 3.8) is 0 Å². The zero-order chi connectivity index (χ0) is 22.8. The number of carbonyl (C=O) groups excluding carboxylic acids is 1. The molecule has 0 radical (unpaired) electrons. The van der Waals surface area contributed by atoms with Gasteiger partial charge in [0, 0.05) is 11.6 Å². The number of alkyl halides is 3. The zero-order valence-electron chi connectivity index (χ0n) is 16.0. The van der Waals surface area contributed by atoms with E-state index < -0.39 is 29.7 Å². The standard InChI is InChI=1S/C20H16F3NO4S3/c1-30-9-8-14(18(26)27)24-17(25)16(31-19(24)29)10-11-6-7-15(28-11)12-4-2-3-5-13(12)20(21,22)23/h2-7,10,14H,8-9H2,1H3,(H,26,27). The van der Waals surface area contributed by atoms with Crippen LogP contribution in [0.1, 0.15) is 17.7 Å². The van der Waals surface area contributed by atoms with E-state index in [0.717, 1.165) is 22.7 Å². The number of carbonyl (C=O) groups is 2. The van der Waals surface area contributed by atoms with E-state index in [1.54, 1.807) is 0 Å². The van der Waals surface area contributed by atoms with E-state index in [0.29, 0.717) is 5.75 Å². The van der Waals surface area contributed by atoms with Crippen LogP contribution < -0.4 is 0 Å². The fraction of sp³-hybridized carbons (Fsp3) is 0.250. The van der Waals surface area contributed by atoms with E-state index in [2.05, 4.69) is 0 Å². The molecule has 0 bridgehead atoms. The quantitative estimate of drug-likeness (QED) is 0.416. The molecule has 1 saturated heterocycles. The van der Waals surface area contributed by atoms with Gasteiger partial charge in [-0.25, -0.2) is 4.79 Å². The minimum atomic E-state index is -4.55. The van der Waals surface area contributed by atoms with Gasteiger partial charge >= 0.3 is 12.1 Å². The molecule has 1 atom stereocenters. The highest BCUT2D eigenvalue weighted by molar-refractivity contribution is 8.26. The molecule has 1 fully saturated rings. The molecule has 0 aliphatic carbocycles. The maximum absolute atomic E-state index is 13.3. The lowest BCUT2D eigenvalue weighted by molar-refractivity contribution is -0.145. The molecular formula is C20H16F3NO4S3. The molecule has 1 aromatic carbocycles. The number of thioether (sulfide) groups is 2. The van der Waals surface area contributed by atoms with Crippen LogP contribution in [0.15, 0.2) is 45.7 Å². The van der Waals surface area contributed by atoms with Crippen LogP contribution in [-0.4, -0.2) is 44.3 Å². The second-order valence-electron chi connectivity index (χ2n) is 6.43. The molecule has 3 rings (SSSR count). The fourth-order valence-electron chi connectivity index (χ4n) is 2.99. The first-order valence-electron chi connectivity index (χ1n) is 8.88. The van der Waals surface area contributed by atoms with Gasteiger partial charge in [-0.1, -0.05) is 42.2 Å². The van der Waals surface area contributed by atoms with E-state index in [1.165, 1.54) is 48.2 Å². The molecule has 2 heterocycles. The van der Waals surface area contributed by atoms with Gasteiger partial charge in [-0.3, -0.25) is 9.69 Å². The first kappa shape index (κ1) is 23.4. The summed E-state index contributed by atoms with van der Waals surface area (Å²) in [6.45, 7) is 0. The molecule has 1 aromatic heterocycles. The van der Waals surface area contributed by atoms with Crippen LogP contribution in [-0.2, 0) is 15.8 Å². The average molecular weight is 488 g/mol. The van der Waals surface area contributed by atoms with Crippen molar-refractivity contribution in [2.45, 2.75) is 18.6 Å². The number of thiocarbonyl (C=S) groups is 1. The third-order valence-electron chi connectivity index (χ3n) is 4.41. The van der Waals surface area contributed by atoms with Crippen molar-refractivity contribution in [3.05, 3.63) is 52.6 Å². The summed E-state index contributed by atoms with van der Waals surface area (Å²) >= 11 is 7.58. The van der Waals surface area contributed by atoms with Gasteiger partial charge < -0.3 is 9.52 Å². The summed E-state index contributed by atoms with van der Waals surface area (Å²) in [5, 5.41) is 9.49. The van der Waals surface area contributed by atoms with Crippen molar-refractivity contribution in [2.75, 3.05) is 12.0 Å². The molecule has 5 nitrogen and oxygen atoms in total. The van der Waals surface area contributed by atoms with Crippen molar-refractivity contribution in [1.29, 1.82) is 0 Å². The summed E-state index contributed by atoms with van der Waals surface area (Å²) < 4.78 is 45.4. The highest BCUT2D eigenvalue weighted by Crippen LogP contribution is 2.39. The highest BCUT2D eigenvalue weighted by atomic mass is 32.2. The van der Waals surface area contributed by atoms with Crippen molar-refractivity contribution < 1.29 is 32.3 Å². The molecule has 11 heteroatoms. The van der Waals surface area contributed by atoms with Crippen LogP contribution in [0.2, 0.25) is 0 Å². The Labute approximate surface area is 189 Å². The van der Waals surface area contributed by atoms with E-state index in [9.17, 15) is 27.9 Å². The summed E-state index contributed by atoms with van der Waals surface area (Å²) in [4.78, 5) is 25.6. The van der Waals surface area contributed by atoms with Gasteiger partial charge in [0.05, 0.1) is 10.5 Å². The van der Waals surface area contributed by atoms with Gasteiger partial charge in [0.15, 0.2) is 0 Å². The van der Waals surface area contributed by atoms with Crippen LogP contribution in [0.5, 0.6) is 0 Å². The largest absolute Gasteiger partial charge is 0.480 e. The van der Waals surface area contributed by atoms with Crippen LogP contribution in [0.3, 0.4) is 0 Å². The predicted molar refractivity (Wildman–Crippen MR) is 119 cm³/mol. The molecule has 1 aliphatic heterocycles. The van der Waals surface area contributed by atoms with Crippen LogP contribution in [0, 0.1) is 0 Å². The van der Waals surface area contributed by atoms with E-state index in [-0.39, 0.29) is 32.7 Å². The van der Waals surface area contributed by atoms with Gasteiger partial charge in [-0.2, -0.15) is 24.9 Å². The number of nitrogens with zero attached hydrogens (tertiary/aromatic N) is 1. The first-order valence-corrected chi connectivity index (χ1v) is 11.5. The number of benzene rings is 1. The molecule has 1 N–H and O–H groups in total. The zero-order valence-corrected chi connectivity index (χ0v) is 18.5. The smallest absolute Gasteiger partial charge is 0.417 e. The summed E-state index contributed by atoms with van der Waals surface area (Å²) in [7, 11) is 0. The molecule has 164 valence electrons. The van der Waals surface area contributed by atoms with Gasteiger partial charge in [-0.05, 0) is 36.6 Å². The Morgan fingerprint density at radius 1 is 1.32 bits per heavy atom. The number of carboxylic acids is 1. The third kappa shape index (κ3) is 5.16. The van der Waals surface area contributed by atoms with Gasteiger partial charge in [0.1, 0.15) is 21.9 Å². The number of rotatable bonds is 7. The average Bonchev–Trinajstić information content (AvgIpc) is 3.27. The number of aliphatic carboxylic acids is 1. The van der Waals surface area contributed by atoms with E-state index in [1.807, 2.05) is 6.26 Å². The Bertz CT molecular complexity index is 1050. The molecule has 1 amide bonds. The maximum Gasteiger partial charge on any atom is 0.417 e. The van der Waals surface area contributed by atoms with Crippen LogP contribution >= 0.6 is 35.7 Å².